The molecule has 0 aromatic carbocycles. The number of phosphoric ester groups is 1. The predicted molar refractivity (Wildman–Crippen MR) is 224 cm³/mol. The third-order valence-electron chi connectivity index (χ3n) is 10.2. The maximum atomic E-state index is 12.8. The summed E-state index contributed by atoms with van der Waals surface area (Å²) in [6, 6.07) is -0.879. The van der Waals surface area contributed by atoms with Crippen LogP contribution in [0.5, 0.6) is 0 Å². The number of amides is 1. The molecule has 9 heteroatoms. The van der Waals surface area contributed by atoms with Gasteiger partial charge in [-0.1, -0.05) is 199 Å². The Kier molecular flexibility index (Phi) is 36.3. The zero-order valence-corrected chi connectivity index (χ0v) is 36.6. The second kappa shape index (κ2) is 36.9. The van der Waals surface area contributed by atoms with Crippen LogP contribution in [0.3, 0.4) is 0 Å². The van der Waals surface area contributed by atoms with Crippen molar-refractivity contribution >= 4 is 13.7 Å². The van der Waals surface area contributed by atoms with Crippen LogP contribution in [0.15, 0.2) is 12.2 Å². The first-order valence-corrected chi connectivity index (χ1v) is 24.0. The maximum absolute atomic E-state index is 12.8. The number of nitrogens with zero attached hydrogens (tertiary/aromatic N) is 1. The molecule has 0 aliphatic rings. The Bertz CT molecular complexity index is 880. The highest BCUT2D eigenvalue weighted by Crippen LogP contribution is 2.38. The molecule has 0 radical (unpaired) electrons. The lowest BCUT2D eigenvalue weighted by molar-refractivity contribution is -0.870. The van der Waals surface area contributed by atoms with Gasteiger partial charge in [-0.05, 0) is 19.3 Å². The van der Waals surface area contributed by atoms with Crippen molar-refractivity contribution in [3.05, 3.63) is 12.2 Å². The van der Waals surface area contributed by atoms with E-state index in [1.54, 1.807) is 6.08 Å². The smallest absolute Gasteiger partial charge is 0.268 e. The number of hydrogen-bond acceptors (Lipinski definition) is 6. The number of allylic oxidation sites excluding steroid dienone is 1. The van der Waals surface area contributed by atoms with Crippen molar-refractivity contribution in [2.24, 2.45) is 0 Å². The molecule has 0 aromatic heterocycles. The van der Waals surface area contributed by atoms with E-state index in [1.807, 2.05) is 27.2 Å². The Morgan fingerprint density at radius 2 is 1.02 bits per heavy atom. The average Bonchev–Trinajstić information content (AvgIpc) is 3.10. The summed E-state index contributed by atoms with van der Waals surface area (Å²) in [4.78, 5) is 25.3. The van der Waals surface area contributed by atoms with Gasteiger partial charge in [-0.25, -0.2) is 0 Å². The summed E-state index contributed by atoms with van der Waals surface area (Å²) in [5, 5.41) is 13.8. The predicted octanol–water partition coefficient (Wildman–Crippen LogP) is 11.7. The maximum Gasteiger partial charge on any atom is 0.268 e. The number of quaternary nitrogens is 1. The highest BCUT2D eigenvalue weighted by molar-refractivity contribution is 7.45. The molecule has 0 saturated heterocycles. The Balaban J connectivity index is 4.32. The summed E-state index contributed by atoms with van der Waals surface area (Å²) in [5.41, 5.74) is 0. The number of aliphatic hydroxyl groups is 1. The van der Waals surface area contributed by atoms with E-state index in [4.69, 9.17) is 9.05 Å². The van der Waals surface area contributed by atoms with E-state index in [1.165, 1.54) is 154 Å². The Morgan fingerprint density at radius 3 is 1.42 bits per heavy atom. The molecule has 0 aromatic rings. The van der Waals surface area contributed by atoms with Crippen LogP contribution >= 0.6 is 7.82 Å². The first-order chi connectivity index (χ1) is 25.5. The van der Waals surface area contributed by atoms with Crippen molar-refractivity contribution < 1.29 is 32.9 Å². The molecule has 0 aliphatic carbocycles. The molecule has 0 heterocycles. The van der Waals surface area contributed by atoms with Gasteiger partial charge in [0.2, 0.25) is 5.91 Å². The van der Waals surface area contributed by atoms with Gasteiger partial charge in [0.15, 0.2) is 0 Å². The molecule has 2 N–H and O–H groups in total. The van der Waals surface area contributed by atoms with Crippen LogP contribution in [0.4, 0.5) is 0 Å². The molecule has 0 bridgehead atoms. The van der Waals surface area contributed by atoms with Crippen molar-refractivity contribution in [1.29, 1.82) is 0 Å². The highest BCUT2D eigenvalue weighted by Gasteiger charge is 2.23. The molecular formula is C44H89N2O6P. The van der Waals surface area contributed by atoms with E-state index in [2.05, 4.69) is 19.2 Å². The van der Waals surface area contributed by atoms with Crippen LogP contribution in [0.25, 0.3) is 0 Å². The number of carbonyl (C=O) groups excluding carboxylic acids is 1. The number of nitrogens with one attached hydrogen (secondary N) is 1. The van der Waals surface area contributed by atoms with Crippen molar-refractivity contribution in [2.75, 3.05) is 40.9 Å². The van der Waals surface area contributed by atoms with E-state index in [-0.39, 0.29) is 19.1 Å². The fourth-order valence-corrected chi connectivity index (χ4v) is 7.35. The number of carbonyl (C=O) groups is 1. The van der Waals surface area contributed by atoms with Crippen molar-refractivity contribution in [3.63, 3.8) is 0 Å². The average molecular weight is 773 g/mol. The fraction of sp³-hybridized carbons (Fsp3) is 0.932. The van der Waals surface area contributed by atoms with E-state index in [0.29, 0.717) is 17.4 Å². The van der Waals surface area contributed by atoms with E-state index < -0.39 is 20.0 Å². The van der Waals surface area contributed by atoms with Gasteiger partial charge in [0.1, 0.15) is 13.2 Å². The number of phosphoric acid groups is 1. The first-order valence-electron chi connectivity index (χ1n) is 22.6. The van der Waals surface area contributed by atoms with Crippen LogP contribution < -0.4 is 10.2 Å². The van der Waals surface area contributed by atoms with Gasteiger partial charge in [0.25, 0.3) is 7.82 Å². The fourth-order valence-electron chi connectivity index (χ4n) is 6.62. The minimum Gasteiger partial charge on any atom is -0.756 e. The number of rotatable bonds is 41. The SMILES string of the molecule is CCCCCCCCCCCC/C=C/[C@@H](O)[C@H](COP(=O)([O-])OCC[N+](C)(C)C)NC(=O)CCCCCCCCCCCCCCCCCCCCC. The van der Waals surface area contributed by atoms with Gasteiger partial charge in [-0.3, -0.25) is 9.36 Å². The molecule has 0 spiro atoms. The molecular weight excluding hydrogens is 683 g/mol. The van der Waals surface area contributed by atoms with Crippen LogP contribution in [-0.4, -0.2) is 68.5 Å². The van der Waals surface area contributed by atoms with E-state index in [9.17, 15) is 19.4 Å². The zero-order chi connectivity index (χ0) is 39.3. The number of aliphatic hydroxyl groups excluding tert-OH is 1. The topological polar surface area (TPSA) is 108 Å². The third-order valence-corrected chi connectivity index (χ3v) is 11.2. The number of hydrogen-bond donors (Lipinski definition) is 2. The summed E-state index contributed by atoms with van der Waals surface area (Å²) in [5.74, 6) is -0.195. The van der Waals surface area contributed by atoms with Gasteiger partial charge in [-0.15, -0.1) is 0 Å². The normalized spacial score (nSPS) is 14.5. The minimum atomic E-state index is -4.58. The second-order valence-corrected chi connectivity index (χ2v) is 18.2. The lowest BCUT2D eigenvalue weighted by atomic mass is 10.0. The molecule has 0 fully saturated rings. The van der Waals surface area contributed by atoms with Gasteiger partial charge in [-0.2, -0.15) is 0 Å². The summed E-state index contributed by atoms with van der Waals surface area (Å²) in [7, 11) is 1.27. The lowest BCUT2D eigenvalue weighted by Crippen LogP contribution is -2.45. The van der Waals surface area contributed by atoms with Crippen LogP contribution in [-0.2, 0) is 18.4 Å². The van der Waals surface area contributed by atoms with Crippen molar-refractivity contribution in [3.8, 4) is 0 Å². The zero-order valence-electron chi connectivity index (χ0n) is 35.7. The molecule has 0 saturated carbocycles. The monoisotopic (exact) mass is 773 g/mol. The summed E-state index contributed by atoms with van der Waals surface area (Å²) in [6.45, 7) is 4.65. The number of unbranched alkanes of at least 4 members (excludes halogenated alkanes) is 28. The van der Waals surface area contributed by atoms with Crippen LogP contribution in [0.2, 0.25) is 0 Å². The Morgan fingerprint density at radius 1 is 0.642 bits per heavy atom. The molecule has 316 valence electrons. The first kappa shape index (κ1) is 52.2. The van der Waals surface area contributed by atoms with Gasteiger partial charge >= 0.3 is 0 Å². The second-order valence-electron chi connectivity index (χ2n) is 16.8. The van der Waals surface area contributed by atoms with Crippen molar-refractivity contribution in [2.45, 2.75) is 225 Å². The summed E-state index contributed by atoms with van der Waals surface area (Å²) in [6.07, 6.45) is 41.1. The van der Waals surface area contributed by atoms with Gasteiger partial charge < -0.3 is 28.8 Å². The summed E-state index contributed by atoms with van der Waals surface area (Å²) >= 11 is 0. The highest BCUT2D eigenvalue weighted by atomic mass is 31.2. The van der Waals surface area contributed by atoms with Crippen molar-refractivity contribution in [1.82, 2.24) is 5.32 Å². The van der Waals surface area contributed by atoms with Crippen LogP contribution in [0.1, 0.15) is 213 Å². The largest absolute Gasteiger partial charge is 0.756 e. The minimum absolute atomic E-state index is 0.00200. The molecule has 1 amide bonds. The number of likely N-dealkylation sites (N-methyl/N-ethyl adjacent to an activating group) is 1. The Labute approximate surface area is 329 Å². The quantitative estimate of drug-likeness (QED) is 0.0277. The van der Waals surface area contributed by atoms with E-state index >= 15 is 0 Å². The lowest BCUT2D eigenvalue weighted by Gasteiger charge is -2.29. The molecule has 8 nitrogen and oxygen atoms in total. The molecule has 1 unspecified atom stereocenters. The van der Waals surface area contributed by atoms with Gasteiger partial charge in [0.05, 0.1) is 39.9 Å². The molecule has 53 heavy (non-hydrogen) atoms. The molecule has 0 aliphatic heterocycles. The summed E-state index contributed by atoms with van der Waals surface area (Å²) < 4.78 is 23.2. The third kappa shape index (κ3) is 39.3. The molecule has 0 rings (SSSR count). The standard InChI is InChI=1S/C44H89N2O6P/c1-6-8-10-12-14-16-18-20-21-22-23-24-25-26-28-30-32-34-36-38-44(48)45-42(41-52-53(49,50)51-40-39-46(3,4)5)43(47)37-35-33-31-29-27-19-17-15-13-11-9-7-2/h35,37,42-43,47H,6-34,36,38-41H2,1-5H3,(H-,45,48,49,50)/b37-35+/t42-,43+/m0/s1. The Hall–Kier alpha value is -0.760. The van der Waals surface area contributed by atoms with E-state index in [0.717, 1.165) is 38.5 Å². The van der Waals surface area contributed by atoms with Crippen LogP contribution in [0, 0.1) is 0 Å². The van der Waals surface area contributed by atoms with Gasteiger partial charge in [0, 0.05) is 6.42 Å². The molecule has 3 atom stereocenters.